The van der Waals surface area contributed by atoms with Crippen LogP contribution < -0.4 is 35.3 Å². The highest BCUT2D eigenvalue weighted by Crippen LogP contribution is 2.56. The largest absolute Gasteiger partial charge is 0.223 e. The molecule has 5 aromatic rings. The normalized spacial score (nSPS) is 11.5. The van der Waals surface area contributed by atoms with E-state index in [4.69, 9.17) is 35.2 Å². The van der Waals surface area contributed by atoms with E-state index in [1.54, 1.807) is 23.1 Å². The Labute approximate surface area is 231 Å². The molecule has 5 rings (SSSR count). The van der Waals surface area contributed by atoms with E-state index in [1.165, 1.54) is 20.1 Å². The van der Waals surface area contributed by atoms with Gasteiger partial charge in [-0.3, -0.25) is 0 Å². The van der Waals surface area contributed by atoms with E-state index < -0.39 is 17.5 Å². The number of hydrogen-bond acceptors (Lipinski definition) is 7. The first kappa shape index (κ1) is 27.7. The number of benzene rings is 4. The van der Waals surface area contributed by atoms with Crippen molar-refractivity contribution in [2.75, 3.05) is 0 Å². The summed E-state index contributed by atoms with van der Waals surface area (Å²) in [7, 11) is -6.88. The Morgan fingerprint density at radius 2 is 1.11 bits per heavy atom. The van der Waals surface area contributed by atoms with Gasteiger partial charge < -0.3 is 0 Å². The third-order valence-electron chi connectivity index (χ3n) is 5.29. The second-order valence-electron chi connectivity index (χ2n) is 7.59. The van der Waals surface area contributed by atoms with Crippen LogP contribution in [0.4, 0.5) is 0 Å². The molecule has 37 heavy (non-hydrogen) atoms. The van der Waals surface area contributed by atoms with Crippen molar-refractivity contribution in [1.82, 2.24) is 4.98 Å². The van der Waals surface area contributed by atoms with E-state index in [9.17, 15) is 0 Å². The highest BCUT2D eigenvalue weighted by molar-refractivity contribution is 8.05. The highest BCUT2D eigenvalue weighted by Gasteiger charge is 2.51. The molecule has 0 aliphatic rings. The maximum Gasteiger partial charge on any atom is 0.223 e. The molecule has 0 radical (unpaired) electrons. The van der Waals surface area contributed by atoms with E-state index in [-0.39, 0.29) is 0 Å². The predicted molar refractivity (Wildman–Crippen MR) is 145 cm³/mol. The summed E-state index contributed by atoms with van der Waals surface area (Å²) in [5.74, 6) is 0. The second kappa shape index (κ2) is 12.5. The fourth-order valence-corrected chi connectivity index (χ4v) is 10.9. The lowest BCUT2D eigenvalue weighted by atomic mass is 10.4. The summed E-state index contributed by atoms with van der Waals surface area (Å²) in [5.41, 5.74) is 3.14. The molecule has 4 aromatic carbocycles. The number of nitrogens with zero attached hydrogens (tertiary/aromatic N) is 1. The number of thiazole rings is 1. The molecular weight excluding hydrogens is 568 g/mol. The molecule has 5 nitrogen and oxygen atoms in total. The zero-order valence-electron chi connectivity index (χ0n) is 19.2. The highest BCUT2D eigenvalue weighted by atomic mass is 35.7. The zero-order chi connectivity index (χ0) is 26.3. The van der Waals surface area contributed by atoms with Crippen molar-refractivity contribution in [2.45, 2.75) is 9.10 Å². The minimum Gasteiger partial charge on any atom is -0.209 e. The van der Waals surface area contributed by atoms with Crippen LogP contribution in [0, 0.1) is 10.2 Å². The van der Waals surface area contributed by atoms with E-state index in [1.807, 2.05) is 17.6 Å². The van der Waals surface area contributed by atoms with Crippen molar-refractivity contribution in [1.29, 1.82) is 0 Å². The lowest BCUT2D eigenvalue weighted by Crippen LogP contribution is -2.58. The van der Waals surface area contributed by atoms with Crippen LogP contribution in [-0.4, -0.2) is 9.64 Å². The van der Waals surface area contributed by atoms with Gasteiger partial charge in [-0.15, -0.1) is 11.3 Å². The minimum atomic E-state index is -4.69. The van der Waals surface area contributed by atoms with Crippen molar-refractivity contribution in [3.05, 3.63) is 126 Å². The van der Waals surface area contributed by atoms with Crippen molar-refractivity contribution in [3.63, 3.8) is 0 Å². The van der Waals surface area contributed by atoms with Crippen LogP contribution in [0.1, 0.15) is 0 Å². The summed E-state index contributed by atoms with van der Waals surface area (Å²) in [6, 6.07) is 40.6. The van der Waals surface area contributed by atoms with Gasteiger partial charge in [-0.1, -0.05) is 78.0 Å². The second-order valence-corrected chi connectivity index (χ2v) is 14.3. The maximum atomic E-state index is 8.60. The molecule has 0 bridgehead atoms. The zero-order valence-corrected chi connectivity index (χ0v) is 23.2. The van der Waals surface area contributed by atoms with Gasteiger partial charge in [0.1, 0.15) is 20.1 Å². The van der Waals surface area contributed by atoms with Crippen LogP contribution in [0.2, 0.25) is 5.02 Å². The predicted octanol–water partition coefficient (Wildman–Crippen LogP) is 2.44. The Morgan fingerprint density at radius 1 is 0.703 bits per heavy atom. The molecule has 0 unspecified atom stereocenters. The van der Waals surface area contributed by atoms with Crippen LogP contribution in [0.15, 0.2) is 130 Å². The minimum absolute atomic E-state index is 0.749. The fourth-order valence-electron chi connectivity index (χ4n) is 3.90. The Balaban J connectivity index is 0.000000586. The van der Waals surface area contributed by atoms with Crippen molar-refractivity contribution < 1.29 is 28.9 Å². The molecule has 0 saturated carbocycles. The quantitative estimate of drug-likeness (QED) is 0.306. The van der Waals surface area contributed by atoms with E-state index in [0.29, 0.717) is 0 Å². The van der Waals surface area contributed by atoms with E-state index in [0.717, 1.165) is 15.4 Å². The van der Waals surface area contributed by atoms with Gasteiger partial charge in [-0.05, 0) is 60.7 Å². The summed E-state index contributed by atoms with van der Waals surface area (Å²) in [6.45, 7) is 0. The molecule has 1 aromatic heterocycles. The summed E-state index contributed by atoms with van der Waals surface area (Å²) >= 11 is 9.60. The average molecular weight is 589 g/mol. The van der Waals surface area contributed by atoms with Gasteiger partial charge in [0.15, 0.2) is 7.26 Å². The molecule has 0 saturated heterocycles. The molecule has 0 atom stereocenters. The number of rotatable bonds is 6. The average Bonchev–Trinajstić information content (AvgIpc) is 3.35. The number of hydrogen-bond donors (Lipinski definition) is 1. The third-order valence-corrected chi connectivity index (χ3v) is 12.1. The molecule has 0 aliphatic carbocycles. The standard InChI is InChI=1S/C27H20ClNPS2.ClHO4/c28-21-16-18-25(19-17-21)32-27-26(29-20-31-27)30(22-10-4-1-5-11-22,23-12-6-2-7-13-23)24-14-8-3-9-15-24;2-1(3,4)5/h1-20H;(H,2,3,4,5)/q+1;. The van der Waals surface area contributed by atoms with Crippen molar-refractivity contribution in [2.24, 2.45) is 0 Å². The van der Waals surface area contributed by atoms with Gasteiger partial charge in [0.05, 0.1) is 20.4 Å². The Morgan fingerprint density at radius 3 is 1.51 bits per heavy atom. The lowest BCUT2D eigenvalue weighted by molar-refractivity contribution is -1.92. The first-order valence-corrected chi connectivity index (χ1v) is 16.0. The Bertz CT molecular complexity index is 1300. The van der Waals surface area contributed by atoms with Crippen molar-refractivity contribution in [3.8, 4) is 0 Å². The fraction of sp³-hybridized carbons (Fsp3) is 0. The Hall–Kier alpha value is -2.29. The molecule has 1 heterocycles. The molecule has 0 fully saturated rings. The summed E-state index contributed by atoms with van der Waals surface area (Å²) in [5, 5.41) is 4.67. The number of halogens is 2. The molecule has 0 spiro atoms. The van der Waals surface area contributed by atoms with Gasteiger partial charge in [0.25, 0.3) is 0 Å². The van der Waals surface area contributed by atoms with Gasteiger partial charge in [-0.2, -0.15) is 14.0 Å². The smallest absolute Gasteiger partial charge is 0.209 e. The summed E-state index contributed by atoms with van der Waals surface area (Å²) in [4.78, 5) is 6.21. The van der Waals surface area contributed by atoms with Gasteiger partial charge in [-0.25, -0.2) is 4.98 Å². The van der Waals surface area contributed by atoms with Crippen LogP contribution in [0.3, 0.4) is 0 Å². The first-order chi connectivity index (χ1) is 17.8. The van der Waals surface area contributed by atoms with Crippen LogP contribution in [0.5, 0.6) is 0 Å². The van der Waals surface area contributed by atoms with Crippen LogP contribution in [0.25, 0.3) is 0 Å². The van der Waals surface area contributed by atoms with Gasteiger partial charge >= 0.3 is 0 Å². The van der Waals surface area contributed by atoms with Crippen LogP contribution >= 0.6 is 42.0 Å². The monoisotopic (exact) mass is 588 g/mol. The summed E-state index contributed by atoms with van der Waals surface area (Å²) < 4.78 is 33.9. The SMILES string of the molecule is Clc1ccc(Sc2scnc2[P+](c2ccccc2)(c2ccccc2)c2ccccc2)cc1.[O-][Cl+3]([O-])([O-])O. The molecule has 10 heteroatoms. The lowest BCUT2D eigenvalue weighted by Gasteiger charge is -2.26. The molecule has 0 amide bonds. The van der Waals surface area contributed by atoms with Gasteiger partial charge in [0, 0.05) is 9.92 Å². The Kier molecular flexibility index (Phi) is 9.37. The topological polar surface area (TPSA) is 102 Å². The van der Waals surface area contributed by atoms with E-state index in [2.05, 4.69) is 103 Å². The van der Waals surface area contributed by atoms with Gasteiger partial charge in [0.2, 0.25) is 5.44 Å². The molecule has 1 N–H and O–H groups in total. The molecular formula is C27H21Cl2NO4PS2+. The molecule has 0 aliphatic heterocycles. The van der Waals surface area contributed by atoms with E-state index >= 15 is 0 Å². The number of aromatic nitrogens is 1. The summed E-state index contributed by atoms with van der Waals surface area (Å²) in [6.07, 6.45) is 0. The third kappa shape index (κ3) is 6.98. The molecule has 188 valence electrons. The van der Waals surface area contributed by atoms with Crippen molar-refractivity contribution >= 4 is 63.3 Å². The maximum absolute atomic E-state index is 8.60. The van der Waals surface area contributed by atoms with Crippen LogP contribution in [-0.2, 0) is 0 Å². The first-order valence-electron chi connectivity index (χ1n) is 10.8.